The van der Waals surface area contributed by atoms with Gasteiger partial charge in [-0.1, -0.05) is 0 Å². The standard InChI is InChI=1S/C11H20N4OS/c1-8-9(17-7-13-8)5-15(4)6-11(2,3)10(16)14-12/h7H,5-6,12H2,1-4H3,(H,14,16). The molecule has 0 saturated heterocycles. The third-order valence-electron chi connectivity index (χ3n) is 2.67. The van der Waals surface area contributed by atoms with E-state index in [1.165, 1.54) is 4.88 Å². The molecule has 5 nitrogen and oxygen atoms in total. The van der Waals surface area contributed by atoms with Crippen molar-refractivity contribution in [3.63, 3.8) is 0 Å². The van der Waals surface area contributed by atoms with Crippen LogP contribution in [0.15, 0.2) is 5.51 Å². The lowest BCUT2D eigenvalue weighted by Crippen LogP contribution is -2.46. The Morgan fingerprint density at radius 1 is 1.65 bits per heavy atom. The molecule has 0 saturated carbocycles. The van der Waals surface area contributed by atoms with Crippen LogP contribution in [0.25, 0.3) is 0 Å². The Hall–Kier alpha value is -0.980. The van der Waals surface area contributed by atoms with Gasteiger partial charge in [0.05, 0.1) is 16.6 Å². The lowest BCUT2D eigenvalue weighted by Gasteiger charge is -2.28. The van der Waals surface area contributed by atoms with Gasteiger partial charge in [0, 0.05) is 18.0 Å². The number of hydrazine groups is 1. The van der Waals surface area contributed by atoms with E-state index in [2.05, 4.69) is 15.3 Å². The molecule has 0 unspecified atom stereocenters. The van der Waals surface area contributed by atoms with Crippen molar-refractivity contribution in [2.24, 2.45) is 11.3 Å². The highest BCUT2D eigenvalue weighted by molar-refractivity contribution is 7.09. The fourth-order valence-corrected chi connectivity index (χ4v) is 2.58. The van der Waals surface area contributed by atoms with Crippen molar-refractivity contribution in [1.82, 2.24) is 15.3 Å². The average Bonchev–Trinajstić information content (AvgIpc) is 2.62. The normalized spacial score (nSPS) is 11.9. The maximum absolute atomic E-state index is 11.6. The van der Waals surface area contributed by atoms with Crippen LogP contribution in [0.2, 0.25) is 0 Å². The van der Waals surface area contributed by atoms with Gasteiger partial charge in [0.25, 0.3) is 0 Å². The summed E-state index contributed by atoms with van der Waals surface area (Å²) in [6.07, 6.45) is 0. The molecule has 0 aliphatic rings. The molecule has 17 heavy (non-hydrogen) atoms. The predicted molar refractivity (Wildman–Crippen MR) is 69.3 cm³/mol. The second-order valence-corrected chi connectivity index (χ2v) is 5.83. The van der Waals surface area contributed by atoms with Crippen molar-refractivity contribution < 1.29 is 4.79 Å². The van der Waals surface area contributed by atoms with Crippen LogP contribution >= 0.6 is 11.3 Å². The number of hydrogen-bond acceptors (Lipinski definition) is 5. The number of nitrogens with zero attached hydrogens (tertiary/aromatic N) is 2. The Bertz CT molecular complexity index is 389. The van der Waals surface area contributed by atoms with E-state index in [0.29, 0.717) is 6.54 Å². The molecule has 0 aliphatic carbocycles. The smallest absolute Gasteiger partial charge is 0.240 e. The molecular formula is C11H20N4OS. The number of carbonyl (C=O) groups excluding carboxylic acids is 1. The Labute approximate surface area is 106 Å². The van der Waals surface area contributed by atoms with Gasteiger partial charge in [0.1, 0.15) is 0 Å². The number of nitrogens with one attached hydrogen (secondary N) is 1. The third-order valence-corrected chi connectivity index (χ3v) is 3.59. The Kier molecular flexibility index (Phi) is 4.62. The highest BCUT2D eigenvalue weighted by Gasteiger charge is 2.28. The Balaban J connectivity index is 2.58. The molecular weight excluding hydrogens is 236 g/mol. The summed E-state index contributed by atoms with van der Waals surface area (Å²) in [4.78, 5) is 19.1. The molecule has 3 N–H and O–H groups in total. The molecule has 0 bridgehead atoms. The zero-order chi connectivity index (χ0) is 13.1. The molecule has 1 heterocycles. The van der Waals surface area contributed by atoms with Gasteiger partial charge in [-0.2, -0.15) is 0 Å². The van der Waals surface area contributed by atoms with Crippen molar-refractivity contribution >= 4 is 17.2 Å². The number of aryl methyl sites for hydroxylation is 1. The number of thiazole rings is 1. The summed E-state index contributed by atoms with van der Waals surface area (Å²) in [5, 5.41) is 0. The first-order chi connectivity index (χ1) is 7.86. The molecule has 1 aromatic rings. The number of carbonyl (C=O) groups is 1. The zero-order valence-electron chi connectivity index (χ0n) is 10.8. The Morgan fingerprint density at radius 3 is 2.76 bits per heavy atom. The summed E-state index contributed by atoms with van der Waals surface area (Å²) in [5.41, 5.74) is 4.61. The van der Waals surface area contributed by atoms with Crippen molar-refractivity contribution in [2.75, 3.05) is 13.6 Å². The van der Waals surface area contributed by atoms with Gasteiger partial charge in [-0.05, 0) is 27.8 Å². The van der Waals surface area contributed by atoms with Crippen LogP contribution in [0.4, 0.5) is 0 Å². The summed E-state index contributed by atoms with van der Waals surface area (Å²) < 4.78 is 0. The number of nitrogens with two attached hydrogens (primary N) is 1. The van der Waals surface area contributed by atoms with Crippen molar-refractivity contribution in [3.05, 3.63) is 16.1 Å². The van der Waals surface area contributed by atoms with E-state index in [-0.39, 0.29) is 5.91 Å². The van der Waals surface area contributed by atoms with Crippen LogP contribution in [-0.4, -0.2) is 29.4 Å². The van der Waals surface area contributed by atoms with Gasteiger partial charge in [0.15, 0.2) is 0 Å². The summed E-state index contributed by atoms with van der Waals surface area (Å²) in [5.74, 6) is 5.02. The lowest BCUT2D eigenvalue weighted by atomic mass is 9.92. The quantitative estimate of drug-likeness (QED) is 0.466. The van der Waals surface area contributed by atoms with Gasteiger partial charge in [-0.15, -0.1) is 11.3 Å². The first-order valence-electron chi connectivity index (χ1n) is 5.45. The number of hydrogen-bond donors (Lipinski definition) is 2. The van der Waals surface area contributed by atoms with Crippen LogP contribution in [0.5, 0.6) is 0 Å². The van der Waals surface area contributed by atoms with E-state index in [9.17, 15) is 4.79 Å². The molecule has 0 spiro atoms. The Morgan fingerprint density at radius 2 is 2.29 bits per heavy atom. The van der Waals surface area contributed by atoms with Crippen molar-refractivity contribution in [2.45, 2.75) is 27.3 Å². The molecule has 0 aliphatic heterocycles. The minimum absolute atomic E-state index is 0.148. The molecule has 0 radical (unpaired) electrons. The van der Waals surface area contributed by atoms with Gasteiger partial charge in [-0.25, -0.2) is 10.8 Å². The average molecular weight is 256 g/mol. The van der Waals surface area contributed by atoms with Crippen LogP contribution < -0.4 is 11.3 Å². The van der Waals surface area contributed by atoms with Crippen LogP contribution in [0, 0.1) is 12.3 Å². The van der Waals surface area contributed by atoms with Crippen LogP contribution in [0.1, 0.15) is 24.4 Å². The molecule has 1 aromatic heterocycles. The second-order valence-electron chi connectivity index (χ2n) is 4.89. The van der Waals surface area contributed by atoms with Crippen LogP contribution in [0.3, 0.4) is 0 Å². The van der Waals surface area contributed by atoms with Gasteiger partial charge < -0.3 is 4.90 Å². The maximum Gasteiger partial charge on any atom is 0.240 e. The molecule has 96 valence electrons. The molecule has 0 fully saturated rings. The monoisotopic (exact) mass is 256 g/mol. The number of amides is 1. The van der Waals surface area contributed by atoms with E-state index in [1.54, 1.807) is 11.3 Å². The molecule has 0 atom stereocenters. The number of aromatic nitrogens is 1. The predicted octanol–water partition coefficient (Wildman–Crippen LogP) is 0.899. The lowest BCUT2D eigenvalue weighted by molar-refractivity contribution is -0.130. The fraction of sp³-hybridized carbons (Fsp3) is 0.636. The minimum atomic E-state index is -0.498. The molecule has 1 amide bonds. The van der Waals surface area contributed by atoms with E-state index < -0.39 is 5.41 Å². The van der Waals surface area contributed by atoms with Crippen LogP contribution in [-0.2, 0) is 11.3 Å². The number of rotatable bonds is 5. The second kappa shape index (κ2) is 5.57. The molecule has 1 rings (SSSR count). The summed E-state index contributed by atoms with van der Waals surface area (Å²) in [6.45, 7) is 7.21. The van der Waals surface area contributed by atoms with Crippen molar-refractivity contribution in [1.29, 1.82) is 0 Å². The van der Waals surface area contributed by atoms with Gasteiger partial charge in [-0.3, -0.25) is 10.2 Å². The fourth-order valence-electron chi connectivity index (χ4n) is 1.72. The zero-order valence-corrected chi connectivity index (χ0v) is 11.6. The van der Waals surface area contributed by atoms with Gasteiger partial charge >= 0.3 is 0 Å². The van der Waals surface area contributed by atoms with E-state index in [1.807, 2.05) is 33.3 Å². The highest BCUT2D eigenvalue weighted by Crippen LogP contribution is 2.19. The van der Waals surface area contributed by atoms with E-state index in [0.717, 1.165) is 12.2 Å². The van der Waals surface area contributed by atoms with E-state index in [4.69, 9.17) is 5.84 Å². The van der Waals surface area contributed by atoms with E-state index >= 15 is 0 Å². The highest BCUT2D eigenvalue weighted by atomic mass is 32.1. The maximum atomic E-state index is 11.6. The minimum Gasteiger partial charge on any atom is -0.300 e. The molecule has 6 heteroatoms. The summed E-state index contributed by atoms with van der Waals surface area (Å²) in [7, 11) is 1.99. The topological polar surface area (TPSA) is 71.2 Å². The third kappa shape index (κ3) is 3.76. The van der Waals surface area contributed by atoms with Gasteiger partial charge in [0.2, 0.25) is 5.91 Å². The SMILES string of the molecule is Cc1ncsc1CN(C)CC(C)(C)C(=O)NN. The first kappa shape index (κ1) is 14.1. The summed E-state index contributed by atoms with van der Waals surface area (Å²) >= 11 is 1.64. The largest absolute Gasteiger partial charge is 0.300 e. The van der Waals surface area contributed by atoms with Crippen molar-refractivity contribution in [3.8, 4) is 0 Å². The first-order valence-corrected chi connectivity index (χ1v) is 6.33. The summed E-state index contributed by atoms with van der Waals surface area (Å²) in [6, 6.07) is 0. The molecule has 0 aromatic carbocycles.